The molecule has 0 amide bonds. The van der Waals surface area contributed by atoms with Crippen molar-refractivity contribution in [3.8, 4) is 0 Å². The van der Waals surface area contributed by atoms with Gasteiger partial charge in [-0.2, -0.15) is 0 Å². The number of nitrogens with zero attached hydrogens (tertiary/aromatic N) is 2. The summed E-state index contributed by atoms with van der Waals surface area (Å²) in [5.41, 5.74) is 0. The predicted molar refractivity (Wildman–Crippen MR) is 69.7 cm³/mol. The minimum absolute atomic E-state index is 0.655. The van der Waals surface area contributed by atoms with Crippen molar-refractivity contribution in [1.82, 2.24) is 4.98 Å². The molecule has 1 aromatic heterocycles. The normalized spacial score (nSPS) is 10.8. The SMILES string of the molecule is CC(C)CCN(C)c1ncc(Cl)cc1Br. The maximum atomic E-state index is 5.84. The number of aromatic nitrogens is 1. The zero-order chi connectivity index (χ0) is 11.4. The number of anilines is 1. The topological polar surface area (TPSA) is 16.1 Å². The lowest BCUT2D eigenvalue weighted by atomic mass is 10.1. The van der Waals surface area contributed by atoms with Gasteiger partial charge in [-0.25, -0.2) is 4.98 Å². The van der Waals surface area contributed by atoms with Gasteiger partial charge in [0.2, 0.25) is 0 Å². The molecule has 0 bridgehead atoms. The standard InChI is InChI=1S/C11H16BrClN2/c1-8(2)4-5-15(3)11-10(12)6-9(13)7-14-11/h6-8H,4-5H2,1-3H3. The van der Waals surface area contributed by atoms with E-state index in [1.165, 1.54) is 0 Å². The predicted octanol–water partition coefficient (Wildman–Crippen LogP) is 3.98. The van der Waals surface area contributed by atoms with Crippen molar-refractivity contribution < 1.29 is 0 Å². The van der Waals surface area contributed by atoms with Gasteiger partial charge in [-0.1, -0.05) is 25.4 Å². The molecule has 1 aromatic rings. The summed E-state index contributed by atoms with van der Waals surface area (Å²) in [4.78, 5) is 6.44. The molecule has 84 valence electrons. The van der Waals surface area contributed by atoms with Crippen molar-refractivity contribution in [3.63, 3.8) is 0 Å². The largest absolute Gasteiger partial charge is 0.359 e. The number of rotatable bonds is 4. The first-order chi connectivity index (χ1) is 7.00. The third kappa shape index (κ3) is 3.99. The van der Waals surface area contributed by atoms with Gasteiger partial charge in [0.1, 0.15) is 5.82 Å². The van der Waals surface area contributed by atoms with Crippen LogP contribution in [0.15, 0.2) is 16.7 Å². The smallest absolute Gasteiger partial charge is 0.142 e. The van der Waals surface area contributed by atoms with Gasteiger partial charge >= 0.3 is 0 Å². The molecule has 0 N–H and O–H groups in total. The Bertz CT molecular complexity index is 328. The van der Waals surface area contributed by atoms with Crippen molar-refractivity contribution >= 4 is 33.3 Å². The molecule has 1 rings (SSSR count). The first kappa shape index (κ1) is 12.8. The molecule has 0 atom stereocenters. The van der Waals surface area contributed by atoms with Gasteiger partial charge in [0, 0.05) is 19.8 Å². The molecule has 15 heavy (non-hydrogen) atoms. The lowest BCUT2D eigenvalue weighted by Gasteiger charge is -2.20. The number of pyridine rings is 1. The van der Waals surface area contributed by atoms with Gasteiger partial charge < -0.3 is 4.90 Å². The third-order valence-electron chi connectivity index (χ3n) is 2.19. The summed E-state index contributed by atoms with van der Waals surface area (Å²) in [6, 6.07) is 1.87. The zero-order valence-electron chi connectivity index (χ0n) is 9.30. The maximum absolute atomic E-state index is 5.84. The Kier molecular flexibility index (Phi) is 4.87. The Balaban J connectivity index is 2.69. The minimum Gasteiger partial charge on any atom is -0.359 e. The molecule has 0 spiro atoms. The monoisotopic (exact) mass is 290 g/mol. The van der Waals surface area contributed by atoms with Gasteiger partial charge in [-0.15, -0.1) is 0 Å². The molecule has 0 aromatic carbocycles. The number of halogens is 2. The molecule has 0 fully saturated rings. The van der Waals surface area contributed by atoms with E-state index in [2.05, 4.69) is 39.7 Å². The van der Waals surface area contributed by atoms with Crippen molar-refractivity contribution in [2.45, 2.75) is 20.3 Å². The van der Waals surface area contributed by atoms with E-state index in [-0.39, 0.29) is 0 Å². The van der Waals surface area contributed by atoms with E-state index >= 15 is 0 Å². The molecule has 0 saturated carbocycles. The molecule has 0 aliphatic heterocycles. The van der Waals surface area contributed by atoms with E-state index in [9.17, 15) is 0 Å². The van der Waals surface area contributed by atoms with E-state index in [0.29, 0.717) is 10.9 Å². The molecule has 0 unspecified atom stereocenters. The van der Waals surface area contributed by atoms with E-state index < -0.39 is 0 Å². The average molecular weight is 292 g/mol. The molecule has 1 heterocycles. The summed E-state index contributed by atoms with van der Waals surface area (Å²) < 4.78 is 0.946. The Morgan fingerprint density at radius 1 is 1.53 bits per heavy atom. The zero-order valence-corrected chi connectivity index (χ0v) is 11.6. The van der Waals surface area contributed by atoms with Crippen molar-refractivity contribution in [3.05, 3.63) is 21.8 Å². The Morgan fingerprint density at radius 2 is 2.20 bits per heavy atom. The van der Waals surface area contributed by atoms with Gasteiger partial charge in [-0.3, -0.25) is 0 Å². The van der Waals surface area contributed by atoms with Crippen LogP contribution in [0.2, 0.25) is 5.02 Å². The highest BCUT2D eigenvalue weighted by molar-refractivity contribution is 9.10. The van der Waals surface area contributed by atoms with Gasteiger partial charge in [0.25, 0.3) is 0 Å². The highest BCUT2D eigenvalue weighted by Gasteiger charge is 2.08. The molecule has 0 radical (unpaired) electrons. The second kappa shape index (κ2) is 5.71. The Morgan fingerprint density at radius 3 is 2.73 bits per heavy atom. The Labute approximate surface area is 105 Å². The van der Waals surface area contributed by atoms with Crippen molar-refractivity contribution in [1.29, 1.82) is 0 Å². The molecular formula is C11H16BrClN2. The summed E-state index contributed by atoms with van der Waals surface area (Å²) in [7, 11) is 2.05. The summed E-state index contributed by atoms with van der Waals surface area (Å²) in [5, 5.41) is 0.655. The van der Waals surface area contributed by atoms with Gasteiger partial charge in [0.15, 0.2) is 0 Å². The number of hydrogen-bond acceptors (Lipinski definition) is 2. The molecular weight excluding hydrogens is 275 g/mol. The first-order valence-corrected chi connectivity index (χ1v) is 6.20. The molecule has 2 nitrogen and oxygen atoms in total. The van der Waals surface area contributed by atoms with Crippen LogP contribution in [-0.2, 0) is 0 Å². The van der Waals surface area contributed by atoms with Crippen LogP contribution in [0, 0.1) is 5.92 Å². The average Bonchev–Trinajstić information content (AvgIpc) is 2.14. The lowest BCUT2D eigenvalue weighted by Crippen LogP contribution is -2.21. The maximum Gasteiger partial charge on any atom is 0.142 e. The third-order valence-corrected chi connectivity index (χ3v) is 2.98. The van der Waals surface area contributed by atoms with E-state index in [1.54, 1.807) is 6.20 Å². The van der Waals surface area contributed by atoms with Gasteiger partial charge in [0.05, 0.1) is 9.50 Å². The summed E-state index contributed by atoms with van der Waals surface area (Å²) in [6.07, 6.45) is 2.83. The van der Waals surface area contributed by atoms with E-state index in [0.717, 1.165) is 23.3 Å². The fraction of sp³-hybridized carbons (Fsp3) is 0.545. The quantitative estimate of drug-likeness (QED) is 0.834. The fourth-order valence-corrected chi connectivity index (χ4v) is 2.19. The minimum atomic E-state index is 0.655. The lowest BCUT2D eigenvalue weighted by molar-refractivity contribution is 0.583. The van der Waals surface area contributed by atoms with Crippen molar-refractivity contribution in [2.75, 3.05) is 18.5 Å². The van der Waals surface area contributed by atoms with Crippen molar-refractivity contribution in [2.24, 2.45) is 5.92 Å². The first-order valence-electron chi connectivity index (χ1n) is 5.03. The summed E-state index contributed by atoms with van der Waals surface area (Å²) >= 11 is 9.30. The fourth-order valence-electron chi connectivity index (χ4n) is 1.25. The van der Waals surface area contributed by atoms with Crippen LogP contribution in [0.1, 0.15) is 20.3 Å². The van der Waals surface area contributed by atoms with Gasteiger partial charge in [-0.05, 0) is 34.3 Å². The second-order valence-corrected chi connectivity index (χ2v) is 5.35. The van der Waals surface area contributed by atoms with Crippen LogP contribution in [0.5, 0.6) is 0 Å². The highest BCUT2D eigenvalue weighted by Crippen LogP contribution is 2.25. The Hall–Kier alpha value is -0.280. The molecule has 4 heteroatoms. The molecule has 0 saturated heterocycles. The molecule has 0 aliphatic rings. The van der Waals surface area contributed by atoms with Crippen LogP contribution in [0.25, 0.3) is 0 Å². The van der Waals surface area contributed by atoms with E-state index in [4.69, 9.17) is 11.6 Å². The summed E-state index contributed by atoms with van der Waals surface area (Å²) in [5.74, 6) is 1.65. The van der Waals surface area contributed by atoms with Crippen LogP contribution in [0.4, 0.5) is 5.82 Å². The highest BCUT2D eigenvalue weighted by atomic mass is 79.9. The van der Waals surface area contributed by atoms with Crippen LogP contribution in [0.3, 0.4) is 0 Å². The van der Waals surface area contributed by atoms with Crippen LogP contribution in [-0.4, -0.2) is 18.6 Å². The molecule has 0 aliphatic carbocycles. The van der Waals surface area contributed by atoms with Crippen LogP contribution >= 0.6 is 27.5 Å². The summed E-state index contributed by atoms with van der Waals surface area (Å²) in [6.45, 7) is 5.45. The van der Waals surface area contributed by atoms with Crippen LogP contribution < -0.4 is 4.90 Å². The number of hydrogen-bond donors (Lipinski definition) is 0. The second-order valence-electron chi connectivity index (χ2n) is 4.06. The van der Waals surface area contributed by atoms with E-state index in [1.807, 2.05) is 13.1 Å².